The molecule has 35 heavy (non-hydrogen) atoms. The molecule has 0 saturated carbocycles. The number of nitrogens with two attached hydrogens (primary N) is 1. The van der Waals surface area contributed by atoms with E-state index in [1.54, 1.807) is 72.9 Å². The summed E-state index contributed by atoms with van der Waals surface area (Å²) in [4.78, 5) is 31.1. The van der Waals surface area contributed by atoms with Crippen LogP contribution in [-0.2, 0) is 4.79 Å². The quantitative estimate of drug-likeness (QED) is 0.553. The minimum Gasteiger partial charge on any atom is -0.351 e. The number of allylic oxidation sites excluding steroid dienone is 8. The maximum absolute atomic E-state index is 14.8. The van der Waals surface area contributed by atoms with Crippen molar-refractivity contribution in [1.29, 1.82) is 0 Å². The lowest BCUT2D eigenvalue weighted by Gasteiger charge is -2.29. The molecule has 1 aliphatic carbocycles. The van der Waals surface area contributed by atoms with Crippen molar-refractivity contribution in [2.45, 2.75) is 6.04 Å². The van der Waals surface area contributed by atoms with Crippen molar-refractivity contribution in [3.63, 3.8) is 0 Å². The van der Waals surface area contributed by atoms with E-state index in [4.69, 9.17) is 5.73 Å². The Hall–Kier alpha value is -4.08. The third-order valence-electron chi connectivity index (χ3n) is 5.28. The summed E-state index contributed by atoms with van der Waals surface area (Å²) in [5.74, 6) is -1.45. The first-order valence-corrected chi connectivity index (χ1v) is 11.3. The number of carbonyl (C=O) groups is 2. The fourth-order valence-corrected chi connectivity index (χ4v) is 3.91. The van der Waals surface area contributed by atoms with E-state index < -0.39 is 23.8 Å². The number of benzene rings is 2. The highest BCUT2D eigenvalue weighted by molar-refractivity contribution is 9.10. The van der Waals surface area contributed by atoms with Gasteiger partial charge < -0.3 is 5.73 Å². The van der Waals surface area contributed by atoms with Gasteiger partial charge in [0.1, 0.15) is 11.9 Å². The number of carbonyl (C=O) groups excluding carboxylic acids is 2. The van der Waals surface area contributed by atoms with Crippen LogP contribution in [0.1, 0.15) is 11.6 Å². The second-order valence-corrected chi connectivity index (χ2v) is 8.45. The summed E-state index contributed by atoms with van der Waals surface area (Å²) in [5.41, 5.74) is 7.46. The summed E-state index contributed by atoms with van der Waals surface area (Å²) in [6, 6.07) is 9.86. The van der Waals surface area contributed by atoms with Crippen LogP contribution in [0.3, 0.4) is 0 Å². The van der Waals surface area contributed by atoms with Crippen molar-refractivity contribution < 1.29 is 19.2 Å². The second-order valence-electron chi connectivity index (χ2n) is 7.54. The van der Waals surface area contributed by atoms with E-state index in [2.05, 4.69) is 20.9 Å². The molecule has 1 atom stereocenters. The van der Waals surface area contributed by atoms with E-state index in [0.717, 1.165) is 14.4 Å². The molecule has 1 heterocycles. The lowest BCUT2D eigenvalue weighted by Crippen LogP contribution is -2.42. The Balaban J connectivity index is 1.72. The number of nitrogens with zero attached hydrogens (tertiary/aromatic N) is 3. The average molecular weight is 535 g/mol. The summed E-state index contributed by atoms with van der Waals surface area (Å²) in [7, 11) is 0. The molecule has 3 amide bonds. The maximum atomic E-state index is 14.8. The number of hydrogen-bond acceptors (Lipinski definition) is 4. The van der Waals surface area contributed by atoms with Crippen LogP contribution in [-0.4, -0.2) is 27.9 Å². The van der Waals surface area contributed by atoms with Crippen LogP contribution < -0.4 is 10.6 Å². The zero-order chi connectivity index (χ0) is 24.9. The standard InChI is InChI=1S/C26H20BrFN4O3/c27-18-10-14-20(15-11-18)32(26(29)34)24(21-5-1-2-6-22(21)28)25(33)30-19-12-8-17(9-13-19)23-7-3-4-16-31(23)35/h1-16,24,35H,(H2,29,34). The van der Waals surface area contributed by atoms with E-state index >= 15 is 0 Å². The Morgan fingerprint density at radius 3 is 2.31 bits per heavy atom. The van der Waals surface area contributed by atoms with Gasteiger partial charge in [-0.2, -0.15) is 0 Å². The van der Waals surface area contributed by atoms with Gasteiger partial charge in [-0.25, -0.2) is 19.2 Å². The molecule has 2 aliphatic rings. The molecule has 2 aromatic carbocycles. The van der Waals surface area contributed by atoms with Crippen LogP contribution in [0.5, 0.6) is 0 Å². The summed E-state index contributed by atoms with van der Waals surface area (Å²) >= 11 is 3.33. The highest BCUT2D eigenvalue weighted by Gasteiger charge is 2.33. The molecule has 0 bridgehead atoms. The third kappa shape index (κ3) is 5.37. The molecule has 9 heteroatoms. The van der Waals surface area contributed by atoms with Crippen LogP contribution in [0, 0.1) is 5.82 Å². The first kappa shape index (κ1) is 24.1. The number of hydrogen-bond donors (Lipinski definition) is 2. The Labute approximate surface area is 209 Å². The summed E-state index contributed by atoms with van der Waals surface area (Å²) in [6.45, 7) is 0. The molecule has 0 spiro atoms. The van der Waals surface area contributed by atoms with Gasteiger partial charge in [-0.05, 0) is 54.6 Å². The minimum atomic E-state index is -1.43. The lowest BCUT2D eigenvalue weighted by molar-refractivity contribution is -0.119. The van der Waals surface area contributed by atoms with E-state index in [0.29, 0.717) is 22.7 Å². The van der Waals surface area contributed by atoms with Crippen LogP contribution in [0.2, 0.25) is 0 Å². The smallest absolute Gasteiger partial charge is 0.320 e. The normalized spacial score (nSPS) is 15.4. The van der Waals surface area contributed by atoms with Gasteiger partial charge >= 0.3 is 6.03 Å². The van der Waals surface area contributed by atoms with Gasteiger partial charge in [0.15, 0.2) is 0 Å². The Morgan fingerprint density at radius 1 is 1.00 bits per heavy atom. The monoisotopic (exact) mass is 534 g/mol. The van der Waals surface area contributed by atoms with Crippen molar-refractivity contribution in [1.82, 2.24) is 5.06 Å². The number of primary amides is 1. The van der Waals surface area contributed by atoms with Gasteiger partial charge in [0.05, 0.1) is 11.4 Å². The van der Waals surface area contributed by atoms with Crippen LogP contribution in [0.4, 0.5) is 14.9 Å². The number of anilines is 1. The van der Waals surface area contributed by atoms with Gasteiger partial charge in [0, 0.05) is 27.5 Å². The maximum Gasteiger partial charge on any atom is 0.320 e. The highest BCUT2D eigenvalue weighted by Crippen LogP contribution is 2.31. The zero-order valence-corrected chi connectivity index (χ0v) is 19.8. The fraction of sp³-hybridized carbons (Fsp3) is 0.0385. The van der Waals surface area contributed by atoms with Crippen molar-refractivity contribution in [2.24, 2.45) is 10.7 Å². The van der Waals surface area contributed by atoms with E-state index in [9.17, 15) is 19.2 Å². The zero-order valence-electron chi connectivity index (χ0n) is 18.3. The van der Waals surface area contributed by atoms with Gasteiger partial charge in [-0.3, -0.25) is 14.9 Å². The SMILES string of the molecule is NC(=O)N(c1ccc(Br)cc1)C(C(=O)N=C1C=CC(=C2C=CC=CN2O)C=C1)c1ccccc1F. The minimum absolute atomic E-state index is 0.0369. The number of urea groups is 1. The molecule has 0 radical (unpaired) electrons. The number of hydroxylamine groups is 2. The van der Waals surface area contributed by atoms with Crippen LogP contribution in [0.15, 0.2) is 118 Å². The number of rotatable bonds is 4. The van der Waals surface area contributed by atoms with Gasteiger partial charge in [-0.15, -0.1) is 0 Å². The topological polar surface area (TPSA) is 99.2 Å². The third-order valence-corrected chi connectivity index (χ3v) is 5.80. The molecular weight excluding hydrogens is 515 g/mol. The Morgan fingerprint density at radius 2 is 1.69 bits per heavy atom. The Kier molecular flexibility index (Phi) is 7.19. The Bertz CT molecular complexity index is 1320. The van der Waals surface area contributed by atoms with Crippen molar-refractivity contribution in [3.8, 4) is 0 Å². The molecule has 0 saturated heterocycles. The average Bonchev–Trinajstić information content (AvgIpc) is 2.84. The van der Waals surface area contributed by atoms with E-state index in [1.807, 2.05) is 0 Å². The van der Waals surface area contributed by atoms with E-state index in [-0.39, 0.29) is 5.56 Å². The second kappa shape index (κ2) is 10.5. The van der Waals surface area contributed by atoms with E-state index in [1.165, 1.54) is 24.4 Å². The molecule has 0 fully saturated rings. The predicted molar refractivity (Wildman–Crippen MR) is 135 cm³/mol. The molecule has 1 aliphatic heterocycles. The summed E-state index contributed by atoms with van der Waals surface area (Å²) < 4.78 is 15.6. The molecule has 0 aromatic heterocycles. The number of aliphatic imine (C=N–C) groups is 1. The number of halogens is 2. The predicted octanol–water partition coefficient (Wildman–Crippen LogP) is 5.34. The van der Waals surface area contributed by atoms with Gasteiger partial charge in [0.2, 0.25) is 0 Å². The molecule has 3 N–H and O–H groups in total. The van der Waals surface area contributed by atoms with Crippen LogP contribution in [0.25, 0.3) is 0 Å². The molecule has 7 nitrogen and oxygen atoms in total. The summed E-state index contributed by atoms with van der Waals surface area (Å²) in [6.07, 6.45) is 13.2. The first-order chi connectivity index (χ1) is 16.8. The van der Waals surface area contributed by atoms with Crippen LogP contribution >= 0.6 is 15.9 Å². The molecule has 1 unspecified atom stereocenters. The van der Waals surface area contributed by atoms with Crippen molar-refractivity contribution in [2.75, 3.05) is 4.90 Å². The summed E-state index contributed by atoms with van der Waals surface area (Å²) in [5, 5.41) is 11.0. The number of amides is 3. The largest absolute Gasteiger partial charge is 0.351 e. The highest BCUT2D eigenvalue weighted by atomic mass is 79.9. The molecule has 4 rings (SSSR count). The van der Waals surface area contributed by atoms with Gasteiger partial charge in [-0.1, -0.05) is 52.4 Å². The van der Waals surface area contributed by atoms with Crippen molar-refractivity contribution >= 4 is 39.3 Å². The van der Waals surface area contributed by atoms with Crippen molar-refractivity contribution in [3.05, 3.63) is 124 Å². The molecular formula is C26H20BrFN4O3. The fourth-order valence-electron chi connectivity index (χ4n) is 3.64. The lowest BCUT2D eigenvalue weighted by atomic mass is 10.0. The molecule has 2 aromatic rings. The van der Waals surface area contributed by atoms with Gasteiger partial charge in [0.25, 0.3) is 5.91 Å². The first-order valence-electron chi connectivity index (χ1n) is 10.5. The molecule has 176 valence electrons.